The molecule has 8 heteroatoms. The lowest BCUT2D eigenvalue weighted by Crippen LogP contribution is -2.34. The van der Waals surface area contributed by atoms with Crippen molar-refractivity contribution < 1.29 is 9.53 Å². The van der Waals surface area contributed by atoms with Crippen LogP contribution in [0.5, 0.6) is 5.75 Å². The second-order valence-corrected chi connectivity index (χ2v) is 7.98. The smallest absolute Gasteiger partial charge is 0.224 e. The van der Waals surface area contributed by atoms with Gasteiger partial charge in [-0.2, -0.15) is 0 Å². The van der Waals surface area contributed by atoms with Crippen molar-refractivity contribution in [3.05, 3.63) is 71.8 Å². The quantitative estimate of drug-likeness (QED) is 0.347. The molecular formula is C25H30Cl2N4O2. The lowest BCUT2D eigenvalue weighted by Gasteiger charge is -2.25. The van der Waals surface area contributed by atoms with Crippen LogP contribution in [0.2, 0.25) is 0 Å². The average Bonchev–Trinajstić information content (AvgIpc) is 2.78. The van der Waals surface area contributed by atoms with Crippen LogP contribution in [0.3, 0.4) is 0 Å². The van der Waals surface area contributed by atoms with Gasteiger partial charge < -0.3 is 20.7 Å². The third kappa shape index (κ3) is 6.60. The summed E-state index contributed by atoms with van der Waals surface area (Å²) in [4.78, 5) is 14.2. The van der Waals surface area contributed by atoms with Gasteiger partial charge in [-0.15, -0.1) is 24.8 Å². The first-order valence-electron chi connectivity index (χ1n) is 10.6. The number of amides is 1. The van der Waals surface area contributed by atoms with Gasteiger partial charge in [0.15, 0.2) is 0 Å². The average molecular weight is 489 g/mol. The van der Waals surface area contributed by atoms with E-state index in [1.54, 1.807) is 11.8 Å². The minimum atomic E-state index is -0.0235. The summed E-state index contributed by atoms with van der Waals surface area (Å²) in [6, 6.07) is 19.6. The number of anilines is 1. The number of rotatable bonds is 6. The van der Waals surface area contributed by atoms with Gasteiger partial charge in [0.1, 0.15) is 17.7 Å². The van der Waals surface area contributed by atoms with Gasteiger partial charge in [0.25, 0.3) is 0 Å². The third-order valence-electron chi connectivity index (χ3n) is 5.67. The van der Waals surface area contributed by atoms with Gasteiger partial charge in [-0.1, -0.05) is 24.3 Å². The van der Waals surface area contributed by atoms with E-state index in [0.29, 0.717) is 12.1 Å². The topological polar surface area (TPSA) is 91.4 Å². The van der Waals surface area contributed by atoms with E-state index in [1.165, 1.54) is 0 Å². The summed E-state index contributed by atoms with van der Waals surface area (Å²) in [5, 5.41) is 13.1. The Morgan fingerprint density at radius 1 is 1.03 bits per heavy atom. The number of nitrogen functional groups attached to an aromatic ring is 1. The number of nitrogens with one attached hydrogen (secondary N) is 2. The molecule has 0 spiro atoms. The van der Waals surface area contributed by atoms with Crippen LogP contribution in [-0.4, -0.2) is 30.9 Å². The molecule has 0 aliphatic carbocycles. The number of nitrogens with two attached hydrogens (primary N) is 1. The molecule has 176 valence electrons. The Balaban J connectivity index is 0.00000193. The minimum absolute atomic E-state index is 0. The second kappa shape index (κ2) is 11.9. The fourth-order valence-electron chi connectivity index (χ4n) is 3.94. The van der Waals surface area contributed by atoms with Crippen molar-refractivity contribution in [2.75, 3.05) is 18.0 Å². The lowest BCUT2D eigenvalue weighted by molar-refractivity contribution is -0.116. The van der Waals surface area contributed by atoms with Gasteiger partial charge in [0, 0.05) is 18.2 Å². The fraction of sp³-hybridized carbons (Fsp3) is 0.280. The van der Waals surface area contributed by atoms with Crippen molar-refractivity contribution >= 4 is 53.0 Å². The predicted octanol–water partition coefficient (Wildman–Crippen LogP) is 4.65. The van der Waals surface area contributed by atoms with Crippen molar-refractivity contribution in [3.63, 3.8) is 0 Å². The zero-order valence-corrected chi connectivity index (χ0v) is 20.2. The monoisotopic (exact) mass is 488 g/mol. The molecule has 4 N–H and O–H groups in total. The van der Waals surface area contributed by atoms with E-state index in [9.17, 15) is 4.79 Å². The molecular weight excluding hydrogens is 459 g/mol. The first-order chi connectivity index (χ1) is 15.0. The molecule has 33 heavy (non-hydrogen) atoms. The highest BCUT2D eigenvalue weighted by atomic mass is 35.5. The van der Waals surface area contributed by atoms with E-state index >= 15 is 0 Å². The van der Waals surface area contributed by atoms with Crippen molar-refractivity contribution in [3.8, 4) is 5.75 Å². The Labute approximate surface area is 206 Å². The maximum absolute atomic E-state index is 12.4. The maximum atomic E-state index is 12.4. The molecule has 1 heterocycles. The van der Waals surface area contributed by atoms with E-state index in [2.05, 4.69) is 5.32 Å². The SMILES string of the molecule is CC(=O)N(Cc1ccc2ccc(C(=N)N)cc2c1)c1ccc(OC2CCNCC2)cc1.Cl.Cl. The van der Waals surface area contributed by atoms with Crippen LogP contribution in [0.1, 0.15) is 30.9 Å². The molecule has 6 nitrogen and oxygen atoms in total. The number of amidine groups is 1. The number of piperidine rings is 1. The summed E-state index contributed by atoms with van der Waals surface area (Å²) in [5.41, 5.74) is 8.17. The first kappa shape index (κ1) is 26.5. The summed E-state index contributed by atoms with van der Waals surface area (Å²) >= 11 is 0. The van der Waals surface area contributed by atoms with E-state index < -0.39 is 0 Å². The van der Waals surface area contributed by atoms with E-state index in [4.69, 9.17) is 15.9 Å². The Bertz CT molecular complexity index is 1100. The molecule has 1 saturated heterocycles. The van der Waals surface area contributed by atoms with E-state index in [1.807, 2.05) is 60.7 Å². The van der Waals surface area contributed by atoms with E-state index in [-0.39, 0.29) is 42.7 Å². The van der Waals surface area contributed by atoms with Crippen LogP contribution in [0.15, 0.2) is 60.7 Å². The number of nitrogens with zero attached hydrogens (tertiary/aromatic N) is 1. The number of benzene rings is 3. The molecule has 0 atom stereocenters. The second-order valence-electron chi connectivity index (χ2n) is 7.98. The predicted molar refractivity (Wildman–Crippen MR) is 139 cm³/mol. The summed E-state index contributed by atoms with van der Waals surface area (Å²) < 4.78 is 6.08. The number of hydrogen-bond acceptors (Lipinski definition) is 4. The highest BCUT2D eigenvalue weighted by Gasteiger charge is 2.16. The van der Waals surface area contributed by atoms with Gasteiger partial charge >= 0.3 is 0 Å². The van der Waals surface area contributed by atoms with E-state index in [0.717, 1.165) is 53.7 Å². The van der Waals surface area contributed by atoms with Crippen LogP contribution in [-0.2, 0) is 11.3 Å². The molecule has 0 aromatic heterocycles. The van der Waals surface area contributed by atoms with Crippen molar-refractivity contribution in [2.45, 2.75) is 32.4 Å². The van der Waals surface area contributed by atoms with Gasteiger partial charge in [0.05, 0.1) is 6.54 Å². The van der Waals surface area contributed by atoms with Gasteiger partial charge in [-0.25, -0.2) is 0 Å². The number of carbonyl (C=O) groups is 1. The highest BCUT2D eigenvalue weighted by molar-refractivity contribution is 5.99. The molecule has 3 aromatic carbocycles. The lowest BCUT2D eigenvalue weighted by atomic mass is 10.0. The number of fused-ring (bicyclic) bond motifs is 1. The van der Waals surface area contributed by atoms with Crippen LogP contribution in [0, 0.1) is 5.41 Å². The molecule has 0 unspecified atom stereocenters. The van der Waals surface area contributed by atoms with Gasteiger partial charge in [-0.3, -0.25) is 10.2 Å². The first-order valence-corrected chi connectivity index (χ1v) is 10.6. The Morgan fingerprint density at radius 3 is 2.33 bits per heavy atom. The van der Waals surface area contributed by atoms with Crippen molar-refractivity contribution in [2.24, 2.45) is 5.73 Å². The summed E-state index contributed by atoms with van der Waals surface area (Å²) in [5.74, 6) is 0.857. The van der Waals surface area contributed by atoms with Crippen LogP contribution in [0.4, 0.5) is 5.69 Å². The Kier molecular flexibility index (Phi) is 9.53. The molecule has 1 aliphatic heterocycles. The largest absolute Gasteiger partial charge is 0.490 e. The molecule has 1 amide bonds. The van der Waals surface area contributed by atoms with Crippen molar-refractivity contribution in [1.82, 2.24) is 5.32 Å². The summed E-state index contributed by atoms with van der Waals surface area (Å²) in [7, 11) is 0. The molecule has 0 radical (unpaired) electrons. The van der Waals surface area contributed by atoms with Crippen LogP contribution in [0.25, 0.3) is 10.8 Å². The molecule has 0 saturated carbocycles. The zero-order valence-electron chi connectivity index (χ0n) is 18.5. The molecule has 1 aliphatic rings. The Morgan fingerprint density at radius 2 is 1.70 bits per heavy atom. The number of carbonyl (C=O) groups excluding carboxylic acids is 1. The molecule has 4 rings (SSSR count). The zero-order chi connectivity index (χ0) is 21.8. The number of ether oxygens (including phenoxy) is 1. The van der Waals surface area contributed by atoms with Crippen LogP contribution < -0.4 is 20.7 Å². The fourth-order valence-corrected chi connectivity index (χ4v) is 3.94. The highest BCUT2D eigenvalue weighted by Crippen LogP contribution is 2.25. The van der Waals surface area contributed by atoms with Crippen molar-refractivity contribution in [1.29, 1.82) is 5.41 Å². The number of halogens is 2. The Hall–Kier alpha value is -2.80. The number of hydrogen-bond donors (Lipinski definition) is 3. The summed E-state index contributed by atoms with van der Waals surface area (Å²) in [6.45, 7) is 4.01. The third-order valence-corrected chi connectivity index (χ3v) is 5.67. The minimum Gasteiger partial charge on any atom is -0.490 e. The molecule has 1 fully saturated rings. The van der Waals surface area contributed by atoms with Crippen LogP contribution >= 0.6 is 24.8 Å². The standard InChI is InChI=1S/C25H28N4O2.2ClH/c1-17(30)29(22-6-8-23(9-7-22)31-24-10-12-28-13-11-24)16-18-2-3-19-4-5-20(25(26)27)15-21(19)14-18;;/h2-9,14-15,24,28H,10-13,16H2,1H3,(H3,26,27);2*1H. The summed E-state index contributed by atoms with van der Waals surface area (Å²) in [6.07, 6.45) is 2.26. The normalized spacial score (nSPS) is 13.5. The maximum Gasteiger partial charge on any atom is 0.224 e. The molecule has 3 aromatic rings. The van der Waals surface area contributed by atoms with Gasteiger partial charge in [0.2, 0.25) is 5.91 Å². The molecule has 0 bridgehead atoms. The van der Waals surface area contributed by atoms with Gasteiger partial charge in [-0.05, 0) is 78.7 Å².